The zero-order valence-corrected chi connectivity index (χ0v) is 14.0. The number of hydrogen-bond donors (Lipinski definition) is 1. The summed E-state index contributed by atoms with van der Waals surface area (Å²) in [5, 5.41) is 2.14. The van der Waals surface area contributed by atoms with Gasteiger partial charge in [0, 0.05) is 0 Å². The molecular formula is C14H15ClFN3O3S. The third-order valence-electron chi connectivity index (χ3n) is 3.00. The van der Waals surface area contributed by atoms with Crippen molar-refractivity contribution in [2.24, 2.45) is 0 Å². The molecule has 0 aliphatic carbocycles. The normalized spacial score (nSPS) is 11.5. The Balaban J connectivity index is 2.48. The van der Waals surface area contributed by atoms with E-state index in [-0.39, 0.29) is 21.7 Å². The maximum Gasteiger partial charge on any atom is 0.228 e. The highest BCUT2D eigenvalue weighted by Gasteiger charge is 2.23. The van der Waals surface area contributed by atoms with Crippen LogP contribution in [-0.4, -0.2) is 30.5 Å². The van der Waals surface area contributed by atoms with Gasteiger partial charge < -0.3 is 10.1 Å². The van der Waals surface area contributed by atoms with Crippen LogP contribution in [0.1, 0.15) is 13.8 Å². The summed E-state index contributed by atoms with van der Waals surface area (Å²) in [6, 6.07) is 6.34. The second-order valence-electron chi connectivity index (χ2n) is 4.82. The molecule has 1 N–H and O–H groups in total. The first-order valence-corrected chi connectivity index (χ1v) is 8.60. The topological polar surface area (TPSA) is 81.2 Å². The summed E-state index contributed by atoms with van der Waals surface area (Å²) < 4.78 is 42.1. The number of sulfone groups is 1. The molecule has 2 aromatic rings. The maximum absolute atomic E-state index is 12.4. The molecule has 9 heteroatoms. The predicted molar refractivity (Wildman–Crippen MR) is 85.7 cm³/mol. The molecule has 0 spiro atoms. The van der Waals surface area contributed by atoms with Crippen molar-refractivity contribution < 1.29 is 17.5 Å². The molecule has 0 saturated carbocycles. The van der Waals surface area contributed by atoms with Crippen LogP contribution in [0.4, 0.5) is 15.9 Å². The highest BCUT2D eigenvalue weighted by Crippen LogP contribution is 2.31. The highest BCUT2D eigenvalue weighted by molar-refractivity contribution is 7.92. The van der Waals surface area contributed by atoms with Crippen molar-refractivity contribution in [3.05, 3.63) is 35.7 Å². The first-order chi connectivity index (χ1) is 10.9. The van der Waals surface area contributed by atoms with Crippen molar-refractivity contribution in [3.63, 3.8) is 0 Å². The zero-order valence-electron chi connectivity index (χ0n) is 12.5. The molecular weight excluding hydrogens is 345 g/mol. The summed E-state index contributed by atoms with van der Waals surface area (Å²) in [7, 11) is -3.52. The number of hydrogen-bond acceptors (Lipinski definition) is 6. The molecule has 0 aliphatic rings. The van der Waals surface area contributed by atoms with Crippen molar-refractivity contribution in [1.29, 1.82) is 0 Å². The molecule has 23 heavy (non-hydrogen) atoms. The Bertz CT molecular complexity index is 800. The van der Waals surface area contributed by atoms with E-state index in [0.29, 0.717) is 5.69 Å². The van der Waals surface area contributed by atoms with Gasteiger partial charge in [0.15, 0.2) is 21.4 Å². The van der Waals surface area contributed by atoms with Crippen molar-refractivity contribution in [2.75, 3.05) is 12.2 Å². The standard InChI is InChI=1S/C14H15ClFN3O3S/c1-9(2)23(20,21)12-6-4-3-5-10(12)18-13-11(22-8-16)7-17-14(15)19-13/h3-7,9H,8H2,1-2H3,(H,17,18,19). The van der Waals surface area contributed by atoms with Gasteiger partial charge in [-0.3, -0.25) is 0 Å². The Morgan fingerprint density at radius 1 is 1.35 bits per heavy atom. The number of rotatable bonds is 6. The average Bonchev–Trinajstić information content (AvgIpc) is 2.50. The fourth-order valence-electron chi connectivity index (χ4n) is 1.80. The molecule has 1 aromatic carbocycles. The largest absolute Gasteiger partial charge is 0.457 e. The SMILES string of the molecule is CC(C)S(=O)(=O)c1ccccc1Nc1nc(Cl)ncc1OCF. The van der Waals surface area contributed by atoms with Crippen LogP contribution in [0.3, 0.4) is 0 Å². The summed E-state index contributed by atoms with van der Waals surface area (Å²) in [4.78, 5) is 7.72. The summed E-state index contributed by atoms with van der Waals surface area (Å²) >= 11 is 5.73. The summed E-state index contributed by atoms with van der Waals surface area (Å²) in [5.41, 5.74) is 0.291. The predicted octanol–water partition coefficient (Wildman–Crippen LogP) is 3.36. The van der Waals surface area contributed by atoms with Crippen LogP contribution in [0.15, 0.2) is 35.4 Å². The van der Waals surface area contributed by atoms with Gasteiger partial charge in [0.25, 0.3) is 0 Å². The van der Waals surface area contributed by atoms with Crippen molar-refractivity contribution in [2.45, 2.75) is 24.0 Å². The summed E-state index contributed by atoms with van der Waals surface area (Å²) in [6.45, 7) is 2.10. The van der Waals surface area contributed by atoms with Crippen molar-refractivity contribution in [1.82, 2.24) is 9.97 Å². The quantitative estimate of drug-likeness (QED) is 0.796. The number of alkyl halides is 1. The van der Waals surface area contributed by atoms with Crippen LogP contribution in [0.2, 0.25) is 5.28 Å². The van der Waals surface area contributed by atoms with E-state index in [0.717, 1.165) is 0 Å². The van der Waals surface area contributed by atoms with Gasteiger partial charge in [0.2, 0.25) is 12.1 Å². The maximum atomic E-state index is 12.4. The number of benzene rings is 1. The van der Waals surface area contributed by atoms with Gasteiger partial charge in [0.1, 0.15) is 0 Å². The molecule has 0 unspecified atom stereocenters. The first-order valence-electron chi connectivity index (χ1n) is 6.67. The lowest BCUT2D eigenvalue weighted by Crippen LogP contribution is -2.15. The van der Waals surface area contributed by atoms with E-state index in [4.69, 9.17) is 16.3 Å². The molecule has 124 valence electrons. The molecule has 0 radical (unpaired) electrons. The lowest BCUT2D eigenvalue weighted by Gasteiger charge is -2.15. The molecule has 0 aliphatic heterocycles. The number of halogens is 2. The third-order valence-corrected chi connectivity index (χ3v) is 5.40. The van der Waals surface area contributed by atoms with Gasteiger partial charge in [-0.1, -0.05) is 12.1 Å². The molecule has 1 heterocycles. The van der Waals surface area contributed by atoms with E-state index in [1.807, 2.05) is 0 Å². The van der Waals surface area contributed by atoms with Crippen LogP contribution >= 0.6 is 11.6 Å². The van der Waals surface area contributed by atoms with Crippen LogP contribution in [0, 0.1) is 0 Å². The second kappa shape index (κ2) is 7.10. The Kier molecular flexibility index (Phi) is 5.38. The van der Waals surface area contributed by atoms with Crippen molar-refractivity contribution in [3.8, 4) is 5.75 Å². The van der Waals surface area contributed by atoms with E-state index in [1.165, 1.54) is 12.3 Å². The van der Waals surface area contributed by atoms with E-state index in [1.54, 1.807) is 32.0 Å². The minimum absolute atomic E-state index is 0.0219. The fourth-order valence-corrected chi connectivity index (χ4v) is 3.14. The summed E-state index contributed by atoms with van der Waals surface area (Å²) in [6.07, 6.45) is 1.21. The molecule has 0 saturated heterocycles. The lowest BCUT2D eigenvalue weighted by atomic mass is 10.3. The molecule has 0 fully saturated rings. The molecule has 6 nitrogen and oxygen atoms in total. The molecule has 2 rings (SSSR count). The second-order valence-corrected chi connectivity index (χ2v) is 7.63. The number of nitrogens with zero attached hydrogens (tertiary/aromatic N) is 2. The van der Waals surface area contributed by atoms with Gasteiger partial charge >= 0.3 is 0 Å². The summed E-state index contributed by atoms with van der Waals surface area (Å²) in [5.74, 6) is 0.0997. The Morgan fingerprint density at radius 2 is 2.04 bits per heavy atom. The van der Waals surface area contributed by atoms with E-state index in [2.05, 4.69) is 15.3 Å². The average molecular weight is 360 g/mol. The van der Waals surface area contributed by atoms with Crippen LogP contribution in [0.5, 0.6) is 5.75 Å². The number of aromatic nitrogens is 2. The van der Waals surface area contributed by atoms with Gasteiger partial charge in [-0.05, 0) is 37.6 Å². The van der Waals surface area contributed by atoms with Gasteiger partial charge in [-0.15, -0.1) is 0 Å². The minimum atomic E-state index is -3.52. The van der Waals surface area contributed by atoms with Crippen molar-refractivity contribution >= 4 is 32.9 Å². The monoisotopic (exact) mass is 359 g/mol. The number of anilines is 2. The van der Waals surface area contributed by atoms with Crippen LogP contribution in [-0.2, 0) is 9.84 Å². The first kappa shape index (κ1) is 17.4. The smallest absolute Gasteiger partial charge is 0.228 e. The zero-order chi connectivity index (χ0) is 17.0. The molecule has 1 aromatic heterocycles. The number of ether oxygens (including phenoxy) is 1. The van der Waals surface area contributed by atoms with E-state index < -0.39 is 21.9 Å². The Morgan fingerprint density at radius 3 is 2.70 bits per heavy atom. The Labute approximate surface area is 138 Å². The third kappa shape index (κ3) is 3.89. The van der Waals surface area contributed by atoms with E-state index in [9.17, 15) is 12.8 Å². The van der Waals surface area contributed by atoms with Gasteiger partial charge in [-0.2, -0.15) is 4.98 Å². The number of nitrogens with one attached hydrogen (secondary N) is 1. The highest BCUT2D eigenvalue weighted by atomic mass is 35.5. The van der Waals surface area contributed by atoms with Gasteiger partial charge in [-0.25, -0.2) is 17.8 Å². The Hall–Kier alpha value is -1.93. The number of para-hydroxylation sites is 1. The minimum Gasteiger partial charge on any atom is -0.457 e. The van der Waals surface area contributed by atoms with Crippen LogP contribution < -0.4 is 10.1 Å². The molecule has 0 amide bonds. The lowest BCUT2D eigenvalue weighted by molar-refractivity contribution is 0.191. The van der Waals surface area contributed by atoms with Gasteiger partial charge in [0.05, 0.1) is 22.0 Å². The van der Waals surface area contributed by atoms with Crippen LogP contribution in [0.25, 0.3) is 0 Å². The molecule has 0 atom stereocenters. The van der Waals surface area contributed by atoms with E-state index >= 15 is 0 Å². The molecule has 0 bridgehead atoms. The fraction of sp³-hybridized carbons (Fsp3) is 0.286.